The summed E-state index contributed by atoms with van der Waals surface area (Å²) in [5.74, 6) is 0.158. The number of nitrogens with one attached hydrogen (secondary N) is 1. The summed E-state index contributed by atoms with van der Waals surface area (Å²) in [6, 6.07) is 7.57. The second kappa shape index (κ2) is 6.92. The molecule has 4 heterocycles. The van der Waals surface area contributed by atoms with Gasteiger partial charge in [-0.05, 0) is 40.9 Å². The van der Waals surface area contributed by atoms with Crippen LogP contribution in [0.2, 0.25) is 0 Å². The van der Waals surface area contributed by atoms with Gasteiger partial charge in [-0.1, -0.05) is 6.07 Å². The zero-order valence-electron chi connectivity index (χ0n) is 14.7. The number of aryl methyl sites for hydroxylation is 1. The summed E-state index contributed by atoms with van der Waals surface area (Å²) in [5, 5.41) is 16.7. The molecule has 4 rings (SSSR count). The van der Waals surface area contributed by atoms with Crippen LogP contribution in [0.4, 0.5) is 17.3 Å². The summed E-state index contributed by atoms with van der Waals surface area (Å²) in [5.41, 5.74) is 15.3. The van der Waals surface area contributed by atoms with Crippen LogP contribution in [0, 0.1) is 18.3 Å². The largest absolute Gasteiger partial charge is 0.397 e. The van der Waals surface area contributed by atoms with Gasteiger partial charge >= 0.3 is 0 Å². The molecule has 0 fully saturated rings. The molecule has 0 atom stereocenters. The van der Waals surface area contributed by atoms with E-state index in [-0.39, 0.29) is 23.0 Å². The van der Waals surface area contributed by atoms with E-state index >= 15 is 0 Å². The number of carbonyl (C=O) groups excluding carboxylic acids is 1. The lowest BCUT2D eigenvalue weighted by atomic mass is 9.99. The molecule has 9 heteroatoms. The molecule has 0 saturated heterocycles. The predicted octanol–water partition coefficient (Wildman–Crippen LogP) is 4.02. The van der Waals surface area contributed by atoms with E-state index in [1.165, 1.54) is 11.3 Å². The Bertz CT molecular complexity index is 1240. The van der Waals surface area contributed by atoms with Crippen molar-refractivity contribution in [3.8, 4) is 17.2 Å². The Balaban J connectivity index is 1.87. The molecule has 1 amide bonds. The average Bonchev–Trinajstić information content (AvgIpc) is 3.31. The molecule has 0 aliphatic carbocycles. The fourth-order valence-electron chi connectivity index (χ4n) is 2.86. The number of rotatable bonds is 3. The van der Waals surface area contributed by atoms with Crippen molar-refractivity contribution in [2.24, 2.45) is 0 Å². The Hall–Kier alpha value is -3.48. The highest BCUT2D eigenvalue weighted by atomic mass is 32.1. The molecule has 0 aliphatic heterocycles. The topological polar surface area (TPSA) is 131 Å². The van der Waals surface area contributed by atoms with Gasteiger partial charge in [-0.15, -0.1) is 11.3 Å². The molecule has 138 valence electrons. The van der Waals surface area contributed by atoms with Crippen LogP contribution in [-0.4, -0.2) is 15.9 Å². The van der Waals surface area contributed by atoms with E-state index in [4.69, 9.17) is 11.5 Å². The fraction of sp³-hybridized carbons (Fsp3) is 0.0526. The summed E-state index contributed by atoms with van der Waals surface area (Å²) in [4.78, 5) is 22.1. The van der Waals surface area contributed by atoms with Crippen LogP contribution < -0.4 is 16.8 Å². The lowest BCUT2D eigenvalue weighted by Gasteiger charge is -2.08. The van der Waals surface area contributed by atoms with Gasteiger partial charge in [0.15, 0.2) is 0 Å². The Kier molecular flexibility index (Phi) is 4.43. The van der Waals surface area contributed by atoms with Crippen LogP contribution in [0.15, 0.2) is 35.2 Å². The number of nitrogens with two attached hydrogens (primary N) is 2. The number of carbonyl (C=O) groups is 1. The molecule has 7 nitrogen and oxygen atoms in total. The molecule has 0 aromatic carbocycles. The SMILES string of the molecule is Cc1ccc(NC(=O)c2sc3nc(N)c(C#N)c(-c4ccsc4)c3c2N)nc1. The Morgan fingerprint density at radius 3 is 2.75 bits per heavy atom. The van der Waals surface area contributed by atoms with Crippen LogP contribution >= 0.6 is 22.7 Å². The standard InChI is InChI=1S/C19H14N6OS2/c1-9-2-3-12(23-7-9)24-18(26)16-15(21)14-13(10-4-5-27-8-10)11(6-20)17(22)25-19(14)28-16/h2-5,7-8H,21H2,1H3,(H2,22,25)(H,23,24,26). The van der Waals surface area contributed by atoms with Crippen LogP contribution in [0.5, 0.6) is 0 Å². The van der Waals surface area contributed by atoms with E-state index in [9.17, 15) is 10.1 Å². The van der Waals surface area contributed by atoms with Crippen molar-refractivity contribution >= 4 is 56.1 Å². The van der Waals surface area contributed by atoms with E-state index in [0.29, 0.717) is 26.5 Å². The highest BCUT2D eigenvalue weighted by Crippen LogP contribution is 2.43. The van der Waals surface area contributed by atoms with Gasteiger partial charge in [-0.25, -0.2) is 9.97 Å². The van der Waals surface area contributed by atoms with Gasteiger partial charge in [0.2, 0.25) is 0 Å². The molecular formula is C19H14N6OS2. The van der Waals surface area contributed by atoms with E-state index in [0.717, 1.165) is 22.5 Å². The summed E-state index contributed by atoms with van der Waals surface area (Å²) in [6.45, 7) is 1.91. The maximum absolute atomic E-state index is 12.8. The summed E-state index contributed by atoms with van der Waals surface area (Å²) in [7, 11) is 0. The van der Waals surface area contributed by atoms with Gasteiger partial charge in [0, 0.05) is 17.1 Å². The van der Waals surface area contributed by atoms with E-state index < -0.39 is 0 Å². The first-order valence-corrected chi connectivity index (χ1v) is 9.93. The molecule has 0 spiro atoms. The fourth-order valence-corrected chi connectivity index (χ4v) is 4.52. The van der Waals surface area contributed by atoms with Crippen LogP contribution in [-0.2, 0) is 0 Å². The number of thiophene rings is 2. The maximum atomic E-state index is 12.8. The van der Waals surface area contributed by atoms with Crippen LogP contribution in [0.25, 0.3) is 21.3 Å². The zero-order chi connectivity index (χ0) is 19.8. The van der Waals surface area contributed by atoms with Crippen molar-refractivity contribution in [3.05, 3.63) is 51.2 Å². The third kappa shape index (κ3) is 2.94. The zero-order valence-corrected chi connectivity index (χ0v) is 16.3. The molecule has 0 saturated carbocycles. The minimum atomic E-state index is -0.384. The third-order valence-electron chi connectivity index (χ3n) is 4.19. The molecule has 0 bridgehead atoms. The number of amides is 1. The van der Waals surface area contributed by atoms with Crippen molar-refractivity contribution < 1.29 is 4.79 Å². The number of nitriles is 1. The van der Waals surface area contributed by atoms with Crippen molar-refractivity contribution in [1.82, 2.24) is 9.97 Å². The number of pyridine rings is 2. The maximum Gasteiger partial charge on any atom is 0.269 e. The number of aromatic nitrogens is 2. The van der Waals surface area contributed by atoms with Gasteiger partial charge in [0.1, 0.15) is 33.0 Å². The van der Waals surface area contributed by atoms with Gasteiger partial charge in [-0.2, -0.15) is 16.6 Å². The highest BCUT2D eigenvalue weighted by molar-refractivity contribution is 7.21. The minimum absolute atomic E-state index is 0.115. The second-order valence-electron chi connectivity index (χ2n) is 6.07. The Morgan fingerprint density at radius 1 is 1.29 bits per heavy atom. The number of nitrogens with zero attached hydrogens (tertiary/aromatic N) is 3. The number of anilines is 3. The number of hydrogen-bond acceptors (Lipinski definition) is 8. The van der Waals surface area contributed by atoms with Gasteiger partial charge in [0.05, 0.1) is 5.69 Å². The quantitative estimate of drug-likeness (QED) is 0.471. The normalized spacial score (nSPS) is 10.7. The first kappa shape index (κ1) is 17.9. The average molecular weight is 406 g/mol. The van der Waals surface area contributed by atoms with Crippen molar-refractivity contribution in [3.63, 3.8) is 0 Å². The molecule has 0 radical (unpaired) electrons. The Labute approximate surface area is 168 Å². The first-order chi connectivity index (χ1) is 13.5. The minimum Gasteiger partial charge on any atom is -0.397 e. The molecular weight excluding hydrogens is 392 g/mol. The highest BCUT2D eigenvalue weighted by Gasteiger charge is 2.24. The van der Waals surface area contributed by atoms with Crippen molar-refractivity contribution in [2.75, 3.05) is 16.8 Å². The van der Waals surface area contributed by atoms with Crippen LogP contribution in [0.1, 0.15) is 20.8 Å². The van der Waals surface area contributed by atoms with Gasteiger partial charge in [0.25, 0.3) is 5.91 Å². The Morgan fingerprint density at radius 2 is 2.11 bits per heavy atom. The van der Waals surface area contributed by atoms with Crippen molar-refractivity contribution in [2.45, 2.75) is 6.92 Å². The smallest absolute Gasteiger partial charge is 0.269 e. The molecule has 4 aromatic rings. The molecule has 0 unspecified atom stereocenters. The summed E-state index contributed by atoms with van der Waals surface area (Å²) >= 11 is 2.63. The summed E-state index contributed by atoms with van der Waals surface area (Å²) < 4.78 is 0. The van der Waals surface area contributed by atoms with E-state index in [1.54, 1.807) is 12.3 Å². The van der Waals surface area contributed by atoms with Crippen LogP contribution in [0.3, 0.4) is 0 Å². The number of hydrogen-bond donors (Lipinski definition) is 3. The predicted molar refractivity (Wildman–Crippen MR) is 113 cm³/mol. The molecule has 0 aliphatic rings. The lowest BCUT2D eigenvalue weighted by molar-refractivity contribution is 0.103. The van der Waals surface area contributed by atoms with Crippen molar-refractivity contribution in [1.29, 1.82) is 5.26 Å². The van der Waals surface area contributed by atoms with E-state index in [1.807, 2.05) is 29.8 Å². The van der Waals surface area contributed by atoms with Gasteiger partial charge in [-0.3, -0.25) is 4.79 Å². The summed E-state index contributed by atoms with van der Waals surface area (Å²) in [6.07, 6.45) is 1.67. The number of fused-ring (bicyclic) bond motifs is 1. The molecule has 4 aromatic heterocycles. The molecule has 28 heavy (non-hydrogen) atoms. The monoisotopic (exact) mass is 406 g/mol. The number of nitrogen functional groups attached to an aromatic ring is 2. The third-order valence-corrected chi connectivity index (χ3v) is 5.97. The van der Waals surface area contributed by atoms with E-state index in [2.05, 4.69) is 21.4 Å². The second-order valence-corrected chi connectivity index (χ2v) is 7.85. The molecule has 5 N–H and O–H groups in total. The first-order valence-electron chi connectivity index (χ1n) is 8.17. The van der Waals surface area contributed by atoms with Gasteiger partial charge < -0.3 is 16.8 Å². The lowest BCUT2D eigenvalue weighted by Crippen LogP contribution is -2.13.